The van der Waals surface area contributed by atoms with Crippen LogP contribution in [0, 0.1) is 13.8 Å². The van der Waals surface area contributed by atoms with Crippen LogP contribution in [-0.2, 0) is 16.4 Å². The van der Waals surface area contributed by atoms with Crippen LogP contribution >= 0.6 is 0 Å². The molecule has 21 heavy (non-hydrogen) atoms. The summed E-state index contributed by atoms with van der Waals surface area (Å²) >= 11 is 0. The van der Waals surface area contributed by atoms with Gasteiger partial charge in [-0.3, -0.25) is 4.79 Å². The molecule has 2 rings (SSSR count). The maximum Gasteiger partial charge on any atom is 0.268 e. The first-order chi connectivity index (χ1) is 9.87. The van der Waals surface area contributed by atoms with E-state index in [1.54, 1.807) is 13.8 Å². The zero-order chi connectivity index (χ0) is 15.5. The standard InChI is InChI=1S/C15H17NO4S/c1-11-10-14(12(2)20-11)15(17)16-21(18,19)9-8-13-6-4-3-5-7-13/h3-7,10H,8-9H2,1-2H3,(H,16,17). The van der Waals surface area contributed by atoms with Gasteiger partial charge in [0.15, 0.2) is 0 Å². The topological polar surface area (TPSA) is 76.4 Å². The van der Waals surface area contributed by atoms with E-state index in [-0.39, 0.29) is 11.3 Å². The van der Waals surface area contributed by atoms with Gasteiger partial charge in [0.05, 0.1) is 11.3 Å². The van der Waals surface area contributed by atoms with E-state index in [2.05, 4.69) is 4.72 Å². The van der Waals surface area contributed by atoms with Crippen molar-refractivity contribution < 1.29 is 17.6 Å². The smallest absolute Gasteiger partial charge is 0.268 e. The maximum absolute atomic E-state index is 12.0. The van der Waals surface area contributed by atoms with E-state index >= 15 is 0 Å². The number of rotatable bonds is 5. The average molecular weight is 307 g/mol. The Bertz CT molecular complexity index is 732. The molecule has 0 saturated heterocycles. The quantitative estimate of drug-likeness (QED) is 0.918. The highest BCUT2D eigenvalue weighted by Crippen LogP contribution is 2.13. The molecule has 0 bridgehead atoms. The molecule has 1 N–H and O–H groups in total. The highest BCUT2D eigenvalue weighted by atomic mass is 32.2. The number of carbonyl (C=O) groups excluding carboxylic acids is 1. The van der Waals surface area contributed by atoms with Crippen molar-refractivity contribution in [3.63, 3.8) is 0 Å². The molecule has 0 spiro atoms. The first-order valence-electron chi connectivity index (χ1n) is 6.53. The third-order valence-corrected chi connectivity index (χ3v) is 4.27. The van der Waals surface area contributed by atoms with Gasteiger partial charge in [0.2, 0.25) is 10.0 Å². The lowest BCUT2D eigenvalue weighted by Gasteiger charge is -2.06. The Morgan fingerprint density at radius 3 is 2.43 bits per heavy atom. The van der Waals surface area contributed by atoms with Crippen LogP contribution < -0.4 is 4.72 Å². The van der Waals surface area contributed by atoms with Crippen molar-refractivity contribution in [2.45, 2.75) is 20.3 Å². The number of hydrogen-bond donors (Lipinski definition) is 1. The molecular formula is C15H17NO4S. The van der Waals surface area contributed by atoms with Crippen LogP contribution in [0.1, 0.15) is 27.4 Å². The molecule has 112 valence electrons. The van der Waals surface area contributed by atoms with Crippen LogP contribution in [-0.4, -0.2) is 20.1 Å². The molecule has 0 fully saturated rings. The Labute approximate surface area is 124 Å². The fraction of sp³-hybridized carbons (Fsp3) is 0.267. The van der Waals surface area contributed by atoms with E-state index in [0.717, 1.165) is 5.56 Å². The number of benzene rings is 1. The number of nitrogens with one attached hydrogen (secondary N) is 1. The lowest BCUT2D eigenvalue weighted by Crippen LogP contribution is -2.33. The summed E-state index contributed by atoms with van der Waals surface area (Å²) in [5.41, 5.74) is 1.15. The second-order valence-electron chi connectivity index (χ2n) is 4.81. The zero-order valence-corrected chi connectivity index (χ0v) is 12.7. The summed E-state index contributed by atoms with van der Waals surface area (Å²) in [4.78, 5) is 12.0. The predicted octanol–water partition coefficient (Wildman–Crippen LogP) is 2.20. The summed E-state index contributed by atoms with van der Waals surface area (Å²) in [7, 11) is -3.68. The van der Waals surface area contributed by atoms with Crippen LogP contribution in [0.15, 0.2) is 40.8 Å². The van der Waals surface area contributed by atoms with Crippen LogP contribution in [0.5, 0.6) is 0 Å². The van der Waals surface area contributed by atoms with Gasteiger partial charge >= 0.3 is 0 Å². The van der Waals surface area contributed by atoms with Gasteiger partial charge in [0.25, 0.3) is 5.91 Å². The molecule has 0 aliphatic rings. The van der Waals surface area contributed by atoms with E-state index in [1.165, 1.54) is 6.07 Å². The van der Waals surface area contributed by atoms with Crippen molar-refractivity contribution in [2.24, 2.45) is 0 Å². The number of amides is 1. The molecule has 2 aromatic rings. The normalized spacial score (nSPS) is 11.3. The highest BCUT2D eigenvalue weighted by molar-refractivity contribution is 7.90. The molecule has 1 amide bonds. The Balaban J connectivity index is 2.01. The van der Waals surface area contributed by atoms with Crippen molar-refractivity contribution in [2.75, 3.05) is 5.75 Å². The minimum absolute atomic E-state index is 0.140. The van der Waals surface area contributed by atoms with Gasteiger partial charge in [0.1, 0.15) is 11.5 Å². The first-order valence-corrected chi connectivity index (χ1v) is 8.18. The molecule has 1 heterocycles. The summed E-state index contributed by atoms with van der Waals surface area (Å²) in [5, 5.41) is 0. The molecule has 0 unspecified atom stereocenters. The Morgan fingerprint density at radius 2 is 1.86 bits per heavy atom. The Hall–Kier alpha value is -2.08. The molecule has 0 atom stereocenters. The van der Waals surface area contributed by atoms with E-state index in [9.17, 15) is 13.2 Å². The minimum Gasteiger partial charge on any atom is -0.466 e. The highest BCUT2D eigenvalue weighted by Gasteiger charge is 2.19. The van der Waals surface area contributed by atoms with Crippen LogP contribution in [0.2, 0.25) is 0 Å². The summed E-state index contributed by atoms with van der Waals surface area (Å²) in [6.45, 7) is 3.33. The third-order valence-electron chi connectivity index (χ3n) is 3.04. The second-order valence-corrected chi connectivity index (χ2v) is 6.65. The predicted molar refractivity (Wildman–Crippen MR) is 79.6 cm³/mol. The molecular weight excluding hydrogens is 290 g/mol. The van der Waals surface area contributed by atoms with Gasteiger partial charge in [-0.05, 0) is 31.9 Å². The van der Waals surface area contributed by atoms with Crippen molar-refractivity contribution in [1.29, 1.82) is 0 Å². The van der Waals surface area contributed by atoms with E-state index in [1.807, 2.05) is 30.3 Å². The van der Waals surface area contributed by atoms with Gasteiger partial charge in [-0.2, -0.15) is 0 Å². The molecule has 0 aliphatic heterocycles. The van der Waals surface area contributed by atoms with Gasteiger partial charge in [0, 0.05) is 0 Å². The number of carbonyl (C=O) groups is 1. The van der Waals surface area contributed by atoms with Gasteiger partial charge in [-0.15, -0.1) is 0 Å². The Morgan fingerprint density at radius 1 is 1.19 bits per heavy atom. The van der Waals surface area contributed by atoms with E-state index in [0.29, 0.717) is 17.9 Å². The van der Waals surface area contributed by atoms with E-state index in [4.69, 9.17) is 4.42 Å². The lowest BCUT2D eigenvalue weighted by atomic mass is 10.2. The van der Waals surface area contributed by atoms with Gasteiger partial charge in [-0.25, -0.2) is 13.1 Å². The third kappa shape index (κ3) is 4.19. The summed E-state index contributed by atoms with van der Waals surface area (Å²) in [6, 6.07) is 10.8. The fourth-order valence-electron chi connectivity index (χ4n) is 2.00. The second kappa shape index (κ2) is 6.13. The molecule has 0 aliphatic carbocycles. The van der Waals surface area contributed by atoms with Gasteiger partial charge in [-0.1, -0.05) is 30.3 Å². The van der Waals surface area contributed by atoms with Crippen molar-refractivity contribution >= 4 is 15.9 Å². The number of aryl methyl sites for hydroxylation is 3. The lowest BCUT2D eigenvalue weighted by molar-refractivity contribution is 0.0980. The van der Waals surface area contributed by atoms with E-state index < -0.39 is 15.9 Å². The number of hydrogen-bond acceptors (Lipinski definition) is 4. The van der Waals surface area contributed by atoms with Crippen LogP contribution in [0.3, 0.4) is 0 Å². The Kier molecular flexibility index (Phi) is 4.47. The largest absolute Gasteiger partial charge is 0.466 e. The van der Waals surface area contributed by atoms with Gasteiger partial charge < -0.3 is 4.42 Å². The number of sulfonamides is 1. The fourth-order valence-corrected chi connectivity index (χ4v) is 3.00. The monoisotopic (exact) mass is 307 g/mol. The zero-order valence-electron chi connectivity index (χ0n) is 11.9. The average Bonchev–Trinajstić information content (AvgIpc) is 2.76. The SMILES string of the molecule is Cc1cc(C(=O)NS(=O)(=O)CCc2ccccc2)c(C)o1. The van der Waals surface area contributed by atoms with Crippen LogP contribution in [0.4, 0.5) is 0 Å². The maximum atomic E-state index is 12.0. The van der Waals surface area contributed by atoms with Crippen molar-refractivity contribution in [3.05, 3.63) is 59.0 Å². The molecule has 6 heteroatoms. The van der Waals surface area contributed by atoms with Crippen molar-refractivity contribution in [3.8, 4) is 0 Å². The summed E-state index contributed by atoms with van der Waals surface area (Å²) < 4.78 is 31.2. The summed E-state index contributed by atoms with van der Waals surface area (Å²) in [5.74, 6) is 0.179. The van der Waals surface area contributed by atoms with Crippen LogP contribution in [0.25, 0.3) is 0 Å². The molecule has 1 aromatic carbocycles. The van der Waals surface area contributed by atoms with Crippen molar-refractivity contribution in [1.82, 2.24) is 4.72 Å². The molecule has 5 nitrogen and oxygen atoms in total. The first kappa shape index (κ1) is 15.3. The minimum atomic E-state index is -3.68. The number of furan rings is 1. The molecule has 0 saturated carbocycles. The molecule has 1 aromatic heterocycles. The summed E-state index contributed by atoms with van der Waals surface area (Å²) in [6.07, 6.45) is 0.354. The molecule has 0 radical (unpaired) electrons.